The van der Waals surface area contributed by atoms with Gasteiger partial charge < -0.3 is 5.32 Å². The summed E-state index contributed by atoms with van der Waals surface area (Å²) in [6, 6.07) is 3.75. The van der Waals surface area contributed by atoms with Crippen LogP contribution in [0, 0.1) is 28.9 Å². The van der Waals surface area contributed by atoms with Crippen LogP contribution < -0.4 is 5.32 Å². The van der Waals surface area contributed by atoms with Crippen LogP contribution in [-0.4, -0.2) is 10.2 Å². The Labute approximate surface area is 125 Å². The highest BCUT2D eigenvalue weighted by Gasteiger charge is 2.12. The molecule has 21 heavy (non-hydrogen) atoms. The van der Waals surface area contributed by atoms with Crippen LogP contribution in [0.15, 0.2) is 12.1 Å². The zero-order chi connectivity index (χ0) is 15.4. The Morgan fingerprint density at radius 2 is 1.95 bits per heavy atom. The average Bonchev–Trinajstić information content (AvgIpc) is 2.84. The van der Waals surface area contributed by atoms with Gasteiger partial charge in [0, 0.05) is 18.5 Å². The molecule has 0 amide bonds. The third-order valence-corrected chi connectivity index (χ3v) is 3.64. The number of nitrogens with zero attached hydrogens (tertiary/aromatic N) is 3. The van der Waals surface area contributed by atoms with Gasteiger partial charge in [0.25, 0.3) is 0 Å². The van der Waals surface area contributed by atoms with Gasteiger partial charge in [0.05, 0.1) is 11.6 Å². The summed E-state index contributed by atoms with van der Waals surface area (Å²) >= 11 is 1.37. The number of anilines is 1. The van der Waals surface area contributed by atoms with E-state index in [0.717, 1.165) is 23.6 Å². The number of nitrogens with one attached hydrogen (secondary N) is 1. The Balaban J connectivity index is 2.07. The third-order valence-electron chi connectivity index (χ3n) is 2.74. The smallest absolute Gasteiger partial charge is 0.205 e. The Kier molecular flexibility index (Phi) is 4.81. The van der Waals surface area contributed by atoms with Crippen molar-refractivity contribution < 1.29 is 8.78 Å². The van der Waals surface area contributed by atoms with E-state index in [-0.39, 0.29) is 17.7 Å². The van der Waals surface area contributed by atoms with Gasteiger partial charge in [-0.25, -0.2) is 8.78 Å². The normalized spacial score (nSPS) is 10.7. The molecule has 0 aliphatic carbocycles. The number of halogens is 2. The molecule has 2 rings (SSSR count). The number of aromatic nitrogens is 2. The Morgan fingerprint density at radius 3 is 2.52 bits per heavy atom. The minimum absolute atomic E-state index is 0.0381. The van der Waals surface area contributed by atoms with E-state index in [1.807, 2.05) is 0 Å². The molecule has 2 aromatic rings. The first-order chi connectivity index (χ1) is 9.99. The van der Waals surface area contributed by atoms with Gasteiger partial charge in [-0.15, -0.1) is 10.2 Å². The maximum absolute atomic E-state index is 13.7. The molecule has 0 atom stereocenters. The molecular weight excluding hydrogens is 294 g/mol. The lowest BCUT2D eigenvalue weighted by Crippen LogP contribution is -2.05. The highest BCUT2D eigenvalue weighted by Crippen LogP contribution is 2.21. The van der Waals surface area contributed by atoms with Gasteiger partial charge in [-0.2, -0.15) is 5.26 Å². The molecule has 1 N–H and O–H groups in total. The minimum Gasteiger partial charge on any atom is -0.356 e. The molecule has 1 aromatic heterocycles. The van der Waals surface area contributed by atoms with Gasteiger partial charge in [0.2, 0.25) is 5.13 Å². The van der Waals surface area contributed by atoms with Crippen LogP contribution in [0.2, 0.25) is 0 Å². The molecular formula is C14H14F2N4S. The molecule has 0 bridgehead atoms. The summed E-state index contributed by atoms with van der Waals surface area (Å²) in [4.78, 5) is 0. The van der Waals surface area contributed by atoms with E-state index < -0.39 is 11.6 Å². The molecule has 0 aliphatic heterocycles. The molecule has 4 nitrogen and oxygen atoms in total. The minimum atomic E-state index is -0.744. The van der Waals surface area contributed by atoms with Crippen LogP contribution in [0.4, 0.5) is 13.9 Å². The van der Waals surface area contributed by atoms with E-state index in [9.17, 15) is 8.78 Å². The Bertz CT molecular complexity index is 653. The molecule has 110 valence electrons. The van der Waals surface area contributed by atoms with Crippen LogP contribution in [0.1, 0.15) is 30.0 Å². The quantitative estimate of drug-likeness (QED) is 0.918. The standard InChI is InChI=1S/C14H14F2N4S/c1-8(2)3-13-19-20-14(21-13)18-7-10-11(15)4-9(6-17)5-12(10)16/h4-5,8H,3,7H2,1-2H3,(H,18,20). The van der Waals surface area contributed by atoms with Crippen molar-refractivity contribution in [2.45, 2.75) is 26.8 Å². The molecule has 0 saturated heterocycles. The van der Waals surface area contributed by atoms with Crippen LogP contribution in [0.5, 0.6) is 0 Å². The Hall–Kier alpha value is -2.07. The van der Waals surface area contributed by atoms with Crippen molar-refractivity contribution in [2.24, 2.45) is 5.92 Å². The second-order valence-electron chi connectivity index (χ2n) is 4.98. The summed E-state index contributed by atoms with van der Waals surface area (Å²) in [5.74, 6) is -1.02. The molecule has 0 radical (unpaired) electrons. The fourth-order valence-electron chi connectivity index (χ4n) is 1.76. The Morgan fingerprint density at radius 1 is 1.29 bits per heavy atom. The van der Waals surface area contributed by atoms with Gasteiger partial charge in [-0.3, -0.25) is 0 Å². The number of rotatable bonds is 5. The van der Waals surface area contributed by atoms with E-state index in [2.05, 4.69) is 29.4 Å². The summed E-state index contributed by atoms with van der Waals surface area (Å²) in [6.07, 6.45) is 0.818. The molecule has 0 spiro atoms. The molecule has 1 aromatic carbocycles. The first kappa shape index (κ1) is 15.3. The lowest BCUT2D eigenvalue weighted by atomic mass is 10.1. The largest absolute Gasteiger partial charge is 0.356 e. The van der Waals surface area contributed by atoms with Crippen molar-refractivity contribution in [1.82, 2.24) is 10.2 Å². The van der Waals surface area contributed by atoms with E-state index in [1.165, 1.54) is 11.3 Å². The van der Waals surface area contributed by atoms with E-state index >= 15 is 0 Å². The van der Waals surface area contributed by atoms with Crippen LogP contribution in [0.3, 0.4) is 0 Å². The van der Waals surface area contributed by atoms with Gasteiger partial charge in [-0.1, -0.05) is 25.2 Å². The first-order valence-electron chi connectivity index (χ1n) is 6.44. The SMILES string of the molecule is CC(C)Cc1nnc(NCc2c(F)cc(C#N)cc2F)s1. The molecule has 1 heterocycles. The summed E-state index contributed by atoms with van der Waals surface area (Å²) in [6.45, 7) is 4.12. The topological polar surface area (TPSA) is 61.6 Å². The molecule has 7 heteroatoms. The number of nitriles is 1. The van der Waals surface area contributed by atoms with Crippen molar-refractivity contribution in [3.05, 3.63) is 39.9 Å². The number of hydrogen-bond donors (Lipinski definition) is 1. The van der Waals surface area contributed by atoms with E-state index in [1.54, 1.807) is 6.07 Å². The fraction of sp³-hybridized carbons (Fsp3) is 0.357. The highest BCUT2D eigenvalue weighted by atomic mass is 32.1. The monoisotopic (exact) mass is 308 g/mol. The number of hydrogen-bond acceptors (Lipinski definition) is 5. The lowest BCUT2D eigenvalue weighted by Gasteiger charge is -2.06. The summed E-state index contributed by atoms with van der Waals surface area (Å²) < 4.78 is 27.4. The number of benzene rings is 1. The van der Waals surface area contributed by atoms with Crippen molar-refractivity contribution in [2.75, 3.05) is 5.32 Å². The van der Waals surface area contributed by atoms with Gasteiger partial charge in [-0.05, 0) is 18.1 Å². The van der Waals surface area contributed by atoms with Gasteiger partial charge in [0.15, 0.2) is 0 Å². The van der Waals surface area contributed by atoms with E-state index in [0.29, 0.717) is 11.0 Å². The van der Waals surface area contributed by atoms with Crippen molar-refractivity contribution in [3.8, 4) is 6.07 Å². The van der Waals surface area contributed by atoms with Crippen molar-refractivity contribution in [3.63, 3.8) is 0 Å². The maximum atomic E-state index is 13.7. The van der Waals surface area contributed by atoms with Crippen LogP contribution >= 0.6 is 11.3 Å². The zero-order valence-electron chi connectivity index (χ0n) is 11.7. The average molecular weight is 308 g/mol. The molecule has 0 aliphatic rings. The van der Waals surface area contributed by atoms with Gasteiger partial charge >= 0.3 is 0 Å². The lowest BCUT2D eigenvalue weighted by molar-refractivity contribution is 0.559. The zero-order valence-corrected chi connectivity index (χ0v) is 12.5. The second-order valence-corrected chi connectivity index (χ2v) is 6.04. The van der Waals surface area contributed by atoms with Crippen molar-refractivity contribution in [1.29, 1.82) is 5.26 Å². The summed E-state index contributed by atoms with van der Waals surface area (Å²) in [5.41, 5.74) is -0.154. The predicted molar refractivity (Wildman–Crippen MR) is 76.9 cm³/mol. The predicted octanol–water partition coefficient (Wildman–Crippen LogP) is 3.50. The third kappa shape index (κ3) is 3.95. The maximum Gasteiger partial charge on any atom is 0.205 e. The second kappa shape index (κ2) is 6.59. The van der Waals surface area contributed by atoms with Crippen LogP contribution in [-0.2, 0) is 13.0 Å². The summed E-state index contributed by atoms with van der Waals surface area (Å²) in [5, 5.41) is 20.9. The van der Waals surface area contributed by atoms with E-state index in [4.69, 9.17) is 5.26 Å². The first-order valence-corrected chi connectivity index (χ1v) is 7.25. The molecule has 0 fully saturated rings. The highest BCUT2D eigenvalue weighted by molar-refractivity contribution is 7.15. The van der Waals surface area contributed by atoms with Crippen LogP contribution in [0.25, 0.3) is 0 Å². The molecule has 0 saturated carbocycles. The summed E-state index contributed by atoms with van der Waals surface area (Å²) in [7, 11) is 0. The molecule has 0 unspecified atom stereocenters. The fourth-order valence-corrected chi connectivity index (χ4v) is 2.70. The van der Waals surface area contributed by atoms with Gasteiger partial charge in [0.1, 0.15) is 16.6 Å². The van der Waals surface area contributed by atoms with Crippen molar-refractivity contribution >= 4 is 16.5 Å².